The Balaban J connectivity index is 2.36. The van der Waals surface area contributed by atoms with Crippen LogP contribution in [-0.2, 0) is 14.8 Å². The molecule has 6 nitrogen and oxygen atoms in total. The van der Waals surface area contributed by atoms with Gasteiger partial charge in [0.25, 0.3) is 5.91 Å². The van der Waals surface area contributed by atoms with Crippen LogP contribution in [0.3, 0.4) is 0 Å². The van der Waals surface area contributed by atoms with E-state index in [1.165, 1.54) is 18.2 Å². The molecule has 2 rings (SSSR count). The minimum absolute atomic E-state index is 0.0461. The van der Waals surface area contributed by atoms with Crippen LogP contribution in [0.4, 0.5) is 5.69 Å². The van der Waals surface area contributed by atoms with Crippen molar-refractivity contribution >= 4 is 39.1 Å². The first kappa shape index (κ1) is 15.8. The predicted octanol–water partition coefficient (Wildman–Crippen LogP) is 1.54. The number of hydrogen-bond acceptors (Lipinski definition) is 4. The molecule has 0 unspecified atom stereocenters. The van der Waals surface area contributed by atoms with Crippen LogP contribution in [0.5, 0.6) is 0 Å². The number of nitrogens with one attached hydrogen (secondary N) is 1. The molecule has 0 spiro atoms. The lowest BCUT2D eigenvalue weighted by Gasteiger charge is -2.16. The Hall–Kier alpha value is -1.60. The molecule has 1 aliphatic rings. The highest BCUT2D eigenvalue weighted by Crippen LogP contribution is 2.29. The highest BCUT2D eigenvalue weighted by atomic mass is 35.5. The van der Waals surface area contributed by atoms with E-state index in [9.17, 15) is 18.0 Å². The number of nitrogens with zero attached hydrogens (tertiary/aromatic N) is 1. The highest BCUT2D eigenvalue weighted by Gasteiger charge is 2.36. The maximum Gasteiger partial charge on any atom is 0.252 e. The molecule has 0 aromatic heterocycles. The van der Waals surface area contributed by atoms with E-state index in [4.69, 9.17) is 11.6 Å². The van der Waals surface area contributed by atoms with E-state index in [2.05, 4.69) is 5.32 Å². The van der Waals surface area contributed by atoms with Crippen molar-refractivity contribution in [3.63, 3.8) is 0 Å². The molecule has 114 valence electrons. The molecule has 0 saturated carbocycles. The van der Waals surface area contributed by atoms with Crippen molar-refractivity contribution in [1.82, 2.24) is 5.32 Å². The zero-order chi connectivity index (χ0) is 15.8. The average Bonchev–Trinajstić information content (AvgIpc) is 2.62. The lowest BCUT2D eigenvalue weighted by molar-refractivity contribution is -0.116. The lowest BCUT2D eigenvalue weighted by Crippen LogP contribution is -2.31. The van der Waals surface area contributed by atoms with Crippen LogP contribution in [0.25, 0.3) is 0 Å². The monoisotopic (exact) mass is 330 g/mol. The van der Waals surface area contributed by atoms with Crippen LogP contribution in [0, 0.1) is 0 Å². The fraction of sp³-hybridized carbons (Fsp3) is 0.385. The number of benzene rings is 1. The van der Waals surface area contributed by atoms with Crippen molar-refractivity contribution in [1.29, 1.82) is 0 Å². The second-order valence-electron chi connectivity index (χ2n) is 5.02. The van der Waals surface area contributed by atoms with Crippen LogP contribution in [-0.4, -0.2) is 32.0 Å². The van der Waals surface area contributed by atoms with E-state index in [-0.39, 0.29) is 40.4 Å². The van der Waals surface area contributed by atoms with Crippen molar-refractivity contribution in [2.75, 3.05) is 10.1 Å². The molecule has 0 radical (unpaired) electrons. The summed E-state index contributed by atoms with van der Waals surface area (Å²) in [4.78, 5) is 23.6. The SMILES string of the molecule is CC(C)NC(=O)c1ccc(N2C(=O)CCS2(=O)=O)cc1Cl. The zero-order valence-corrected chi connectivity index (χ0v) is 13.2. The van der Waals surface area contributed by atoms with Gasteiger partial charge in [0, 0.05) is 12.5 Å². The number of rotatable bonds is 3. The molecular formula is C13H15ClN2O4S. The number of carbonyl (C=O) groups is 2. The summed E-state index contributed by atoms with van der Waals surface area (Å²) in [6.07, 6.45) is -0.0461. The molecule has 1 aromatic rings. The Morgan fingerprint density at radius 3 is 2.52 bits per heavy atom. The summed E-state index contributed by atoms with van der Waals surface area (Å²) in [5, 5.41) is 2.79. The Bertz CT molecular complexity index is 700. The van der Waals surface area contributed by atoms with Gasteiger partial charge in [-0.15, -0.1) is 0 Å². The van der Waals surface area contributed by atoms with Gasteiger partial charge in [-0.2, -0.15) is 0 Å². The maximum absolute atomic E-state index is 11.9. The van der Waals surface area contributed by atoms with Gasteiger partial charge in [-0.25, -0.2) is 12.7 Å². The summed E-state index contributed by atoms with van der Waals surface area (Å²) in [7, 11) is -3.63. The molecule has 1 heterocycles. The number of amides is 2. The largest absolute Gasteiger partial charge is 0.350 e. The highest BCUT2D eigenvalue weighted by molar-refractivity contribution is 7.94. The van der Waals surface area contributed by atoms with E-state index in [1.807, 2.05) is 13.8 Å². The smallest absolute Gasteiger partial charge is 0.252 e. The number of carbonyl (C=O) groups excluding carboxylic acids is 2. The lowest BCUT2D eigenvalue weighted by atomic mass is 10.1. The Morgan fingerprint density at radius 1 is 1.38 bits per heavy atom. The Labute approximate surface area is 128 Å². The first-order valence-electron chi connectivity index (χ1n) is 6.38. The Morgan fingerprint density at radius 2 is 2.05 bits per heavy atom. The molecule has 1 N–H and O–H groups in total. The van der Waals surface area contributed by atoms with E-state index < -0.39 is 15.9 Å². The molecule has 0 atom stereocenters. The molecule has 0 aliphatic carbocycles. The standard InChI is InChI=1S/C13H15ClN2O4S/c1-8(2)15-13(18)10-4-3-9(7-11(10)14)16-12(17)5-6-21(16,19)20/h3-4,7-8H,5-6H2,1-2H3,(H,15,18). The minimum atomic E-state index is -3.63. The molecule has 1 saturated heterocycles. The van der Waals surface area contributed by atoms with Gasteiger partial charge in [0.05, 0.1) is 22.0 Å². The fourth-order valence-electron chi connectivity index (χ4n) is 2.02. The second-order valence-corrected chi connectivity index (χ2v) is 7.36. The summed E-state index contributed by atoms with van der Waals surface area (Å²) < 4.78 is 24.4. The molecule has 1 aliphatic heterocycles. The maximum atomic E-state index is 11.9. The van der Waals surface area contributed by atoms with Crippen LogP contribution in [0.2, 0.25) is 5.02 Å². The Kier molecular flexibility index (Phi) is 4.25. The van der Waals surface area contributed by atoms with Crippen molar-refractivity contribution < 1.29 is 18.0 Å². The van der Waals surface area contributed by atoms with Gasteiger partial charge in [-0.3, -0.25) is 9.59 Å². The summed E-state index contributed by atoms with van der Waals surface area (Å²) in [6, 6.07) is 4.09. The van der Waals surface area contributed by atoms with Crippen LogP contribution in [0.15, 0.2) is 18.2 Å². The summed E-state index contributed by atoms with van der Waals surface area (Å²) in [6.45, 7) is 3.63. The van der Waals surface area contributed by atoms with Gasteiger partial charge < -0.3 is 5.32 Å². The third-order valence-electron chi connectivity index (χ3n) is 2.93. The molecule has 8 heteroatoms. The topological polar surface area (TPSA) is 83.6 Å². The first-order chi connectivity index (χ1) is 9.72. The second kappa shape index (κ2) is 5.65. The number of hydrogen-bond donors (Lipinski definition) is 1. The van der Waals surface area contributed by atoms with Gasteiger partial charge >= 0.3 is 0 Å². The third kappa shape index (κ3) is 3.19. The van der Waals surface area contributed by atoms with Crippen LogP contribution < -0.4 is 9.62 Å². The van der Waals surface area contributed by atoms with Gasteiger partial charge in [-0.1, -0.05) is 11.6 Å². The van der Waals surface area contributed by atoms with Crippen molar-refractivity contribution in [2.24, 2.45) is 0 Å². The average molecular weight is 331 g/mol. The predicted molar refractivity (Wildman–Crippen MR) is 79.9 cm³/mol. The van der Waals surface area contributed by atoms with Crippen LogP contribution >= 0.6 is 11.6 Å². The van der Waals surface area contributed by atoms with E-state index >= 15 is 0 Å². The first-order valence-corrected chi connectivity index (χ1v) is 8.37. The normalized spacial score (nSPS) is 17.3. The van der Waals surface area contributed by atoms with Crippen molar-refractivity contribution in [2.45, 2.75) is 26.3 Å². The van der Waals surface area contributed by atoms with Gasteiger partial charge in [-0.05, 0) is 32.0 Å². The summed E-state index contributed by atoms with van der Waals surface area (Å²) in [5.41, 5.74) is 0.391. The van der Waals surface area contributed by atoms with Gasteiger partial charge in [0.1, 0.15) is 0 Å². The van der Waals surface area contributed by atoms with Gasteiger partial charge in [0.2, 0.25) is 15.9 Å². The van der Waals surface area contributed by atoms with E-state index in [0.29, 0.717) is 0 Å². The third-order valence-corrected chi connectivity index (χ3v) is 4.93. The van der Waals surface area contributed by atoms with Gasteiger partial charge in [0.15, 0.2) is 0 Å². The number of halogens is 1. The molecular weight excluding hydrogens is 316 g/mol. The van der Waals surface area contributed by atoms with Crippen molar-refractivity contribution in [3.05, 3.63) is 28.8 Å². The van der Waals surface area contributed by atoms with E-state index in [1.54, 1.807) is 0 Å². The fourth-order valence-corrected chi connectivity index (χ4v) is 3.74. The molecule has 21 heavy (non-hydrogen) atoms. The molecule has 1 aromatic carbocycles. The zero-order valence-electron chi connectivity index (χ0n) is 11.6. The number of sulfonamides is 1. The minimum Gasteiger partial charge on any atom is -0.350 e. The molecule has 1 fully saturated rings. The quantitative estimate of drug-likeness (QED) is 0.911. The van der Waals surface area contributed by atoms with Crippen LogP contribution in [0.1, 0.15) is 30.6 Å². The molecule has 0 bridgehead atoms. The summed E-state index contributed by atoms with van der Waals surface area (Å²) >= 11 is 6.03. The van der Waals surface area contributed by atoms with Crippen molar-refractivity contribution in [3.8, 4) is 0 Å². The van der Waals surface area contributed by atoms with E-state index in [0.717, 1.165) is 4.31 Å². The number of anilines is 1. The molecule has 2 amide bonds. The summed E-state index contributed by atoms with van der Waals surface area (Å²) in [5.74, 6) is -1.05.